The van der Waals surface area contributed by atoms with Crippen LogP contribution in [-0.4, -0.2) is 43.5 Å². The molecule has 0 aliphatic carbocycles. The zero-order valence-corrected chi connectivity index (χ0v) is 13.3. The molecule has 2 N–H and O–H groups in total. The van der Waals surface area contributed by atoms with Crippen molar-refractivity contribution < 1.29 is 23.1 Å². The highest BCUT2D eigenvalue weighted by atomic mass is 32.2. The van der Waals surface area contributed by atoms with Gasteiger partial charge in [-0.3, -0.25) is 4.72 Å². The number of carbonyl (C=O) groups is 1. The number of benzene rings is 1. The van der Waals surface area contributed by atoms with Gasteiger partial charge in [-0.15, -0.1) is 0 Å². The summed E-state index contributed by atoms with van der Waals surface area (Å²) in [6, 6.07) is 4.04. The minimum atomic E-state index is -3.75. The van der Waals surface area contributed by atoms with Gasteiger partial charge >= 0.3 is 16.2 Å². The Balaban J connectivity index is 3.23. The van der Waals surface area contributed by atoms with Crippen LogP contribution in [0.5, 0.6) is 5.75 Å². The first-order valence-electron chi connectivity index (χ1n) is 6.45. The Labute approximate surface area is 124 Å². The predicted molar refractivity (Wildman–Crippen MR) is 80.0 cm³/mol. The third kappa shape index (κ3) is 4.61. The van der Waals surface area contributed by atoms with E-state index in [9.17, 15) is 13.2 Å². The number of rotatable bonds is 7. The lowest BCUT2D eigenvalue weighted by Crippen LogP contribution is -2.32. The second kappa shape index (κ2) is 6.77. The summed E-state index contributed by atoms with van der Waals surface area (Å²) in [6.07, 6.45) is -0.173. The number of anilines is 1. The Morgan fingerprint density at radius 3 is 2.52 bits per heavy atom. The van der Waals surface area contributed by atoms with Crippen LogP contribution in [0.2, 0.25) is 0 Å². The van der Waals surface area contributed by atoms with Crippen molar-refractivity contribution in [3.8, 4) is 5.75 Å². The molecule has 118 valence electrons. The van der Waals surface area contributed by atoms with Crippen LogP contribution in [0.15, 0.2) is 18.2 Å². The van der Waals surface area contributed by atoms with Gasteiger partial charge in [0.1, 0.15) is 5.75 Å². The largest absolute Gasteiger partial charge is 0.489 e. The maximum absolute atomic E-state index is 12.1. The highest BCUT2D eigenvalue weighted by molar-refractivity contribution is 7.90. The average molecular weight is 316 g/mol. The summed E-state index contributed by atoms with van der Waals surface area (Å²) in [6.45, 7) is 5.57. The molecule has 1 rings (SSSR count). The molecular weight excluding hydrogens is 296 g/mol. The van der Waals surface area contributed by atoms with Gasteiger partial charge < -0.3 is 9.84 Å². The number of nitrogens with zero attached hydrogens (tertiary/aromatic N) is 1. The summed E-state index contributed by atoms with van der Waals surface area (Å²) in [5.74, 6) is -0.863. The fraction of sp³-hybridized carbons (Fsp3) is 0.462. The normalized spacial score (nSPS) is 11.7. The summed E-state index contributed by atoms with van der Waals surface area (Å²) in [4.78, 5) is 11.0. The lowest BCUT2D eigenvalue weighted by molar-refractivity contribution is 0.0697. The Hall–Kier alpha value is -1.80. The Bertz CT molecular complexity index is 613. The summed E-state index contributed by atoms with van der Waals surface area (Å²) in [7, 11) is -2.33. The van der Waals surface area contributed by atoms with Gasteiger partial charge in [-0.25, -0.2) is 4.79 Å². The summed E-state index contributed by atoms with van der Waals surface area (Å²) < 4.78 is 33.1. The van der Waals surface area contributed by atoms with E-state index < -0.39 is 16.2 Å². The van der Waals surface area contributed by atoms with E-state index in [0.717, 1.165) is 4.31 Å². The van der Waals surface area contributed by atoms with Crippen molar-refractivity contribution in [2.24, 2.45) is 0 Å². The molecule has 7 nitrogen and oxygen atoms in total. The third-order valence-electron chi connectivity index (χ3n) is 2.68. The molecule has 0 unspecified atom stereocenters. The van der Waals surface area contributed by atoms with Crippen molar-refractivity contribution in [2.45, 2.75) is 26.9 Å². The van der Waals surface area contributed by atoms with Crippen LogP contribution in [0.4, 0.5) is 5.69 Å². The molecule has 0 amide bonds. The lowest BCUT2D eigenvalue weighted by atomic mass is 10.2. The second-order valence-corrected chi connectivity index (χ2v) is 6.48. The highest BCUT2D eigenvalue weighted by Crippen LogP contribution is 2.28. The molecule has 0 saturated carbocycles. The van der Waals surface area contributed by atoms with Crippen molar-refractivity contribution in [1.29, 1.82) is 0 Å². The fourth-order valence-electron chi connectivity index (χ4n) is 1.49. The van der Waals surface area contributed by atoms with Gasteiger partial charge in [0.25, 0.3) is 0 Å². The molecule has 0 aliphatic rings. The quantitative estimate of drug-likeness (QED) is 0.799. The van der Waals surface area contributed by atoms with Crippen LogP contribution in [-0.2, 0) is 10.2 Å². The molecule has 0 aromatic heterocycles. The molecule has 0 atom stereocenters. The van der Waals surface area contributed by atoms with Crippen LogP contribution >= 0.6 is 0 Å². The molecule has 1 aromatic rings. The van der Waals surface area contributed by atoms with E-state index in [4.69, 9.17) is 9.84 Å². The average Bonchev–Trinajstić information content (AvgIpc) is 2.38. The molecule has 21 heavy (non-hydrogen) atoms. The number of aromatic carboxylic acids is 1. The summed E-state index contributed by atoms with van der Waals surface area (Å²) in [5, 5.41) is 9.01. The number of carboxylic acid groups (broad SMARTS) is 1. The lowest BCUT2D eigenvalue weighted by Gasteiger charge is -2.19. The minimum absolute atomic E-state index is 0.0250. The molecule has 1 aromatic carbocycles. The Morgan fingerprint density at radius 2 is 2.05 bits per heavy atom. The van der Waals surface area contributed by atoms with E-state index in [1.165, 1.54) is 25.2 Å². The molecule has 0 radical (unpaired) electrons. The molecule has 0 bridgehead atoms. The van der Waals surface area contributed by atoms with Crippen molar-refractivity contribution in [1.82, 2.24) is 4.31 Å². The van der Waals surface area contributed by atoms with Crippen molar-refractivity contribution in [3.63, 3.8) is 0 Å². The molecule has 0 aliphatic heterocycles. The van der Waals surface area contributed by atoms with E-state index in [2.05, 4.69) is 4.72 Å². The van der Waals surface area contributed by atoms with Crippen LogP contribution in [0.3, 0.4) is 0 Å². The zero-order valence-electron chi connectivity index (χ0n) is 12.5. The van der Waals surface area contributed by atoms with Gasteiger partial charge in [-0.2, -0.15) is 12.7 Å². The maximum atomic E-state index is 12.1. The number of nitrogens with one attached hydrogen (secondary N) is 1. The molecule has 0 heterocycles. The van der Waals surface area contributed by atoms with Gasteiger partial charge in [-0.1, -0.05) is 6.92 Å². The third-order valence-corrected chi connectivity index (χ3v) is 4.24. The molecule has 0 saturated heterocycles. The first-order chi connectivity index (χ1) is 9.67. The van der Waals surface area contributed by atoms with Crippen molar-refractivity contribution in [2.75, 3.05) is 18.3 Å². The molecule has 0 fully saturated rings. The maximum Gasteiger partial charge on any atom is 0.335 e. The first kappa shape index (κ1) is 17.3. The van der Waals surface area contributed by atoms with Crippen LogP contribution in [0.25, 0.3) is 0 Å². The van der Waals surface area contributed by atoms with E-state index >= 15 is 0 Å². The van der Waals surface area contributed by atoms with Gasteiger partial charge in [-0.05, 0) is 32.0 Å². The summed E-state index contributed by atoms with van der Waals surface area (Å²) >= 11 is 0. The fourth-order valence-corrected chi connectivity index (χ4v) is 2.42. The highest BCUT2D eigenvalue weighted by Gasteiger charge is 2.19. The van der Waals surface area contributed by atoms with Crippen molar-refractivity contribution in [3.05, 3.63) is 23.8 Å². The van der Waals surface area contributed by atoms with Crippen LogP contribution in [0.1, 0.15) is 31.1 Å². The van der Waals surface area contributed by atoms with E-state index in [1.54, 1.807) is 20.8 Å². The van der Waals surface area contributed by atoms with Crippen LogP contribution < -0.4 is 9.46 Å². The number of hydrogen-bond acceptors (Lipinski definition) is 4. The molecule has 0 spiro atoms. The van der Waals surface area contributed by atoms with Crippen LogP contribution in [0, 0.1) is 0 Å². The first-order valence-corrected chi connectivity index (χ1v) is 7.89. The Morgan fingerprint density at radius 1 is 1.43 bits per heavy atom. The standard InChI is InChI=1S/C13H20N2O5S/c1-5-15(4)21(18,19)14-11-8-10(13(16)17)6-7-12(11)20-9(2)3/h6-9,14H,5H2,1-4H3,(H,16,17). The number of hydrogen-bond donors (Lipinski definition) is 2. The molecular formula is C13H20N2O5S. The zero-order chi connectivity index (χ0) is 16.2. The predicted octanol–water partition coefficient (Wildman–Crippen LogP) is 1.78. The molecule has 8 heteroatoms. The van der Waals surface area contributed by atoms with E-state index in [-0.39, 0.29) is 29.6 Å². The van der Waals surface area contributed by atoms with E-state index in [1.807, 2.05) is 0 Å². The van der Waals surface area contributed by atoms with Gasteiger partial charge in [0.05, 0.1) is 17.4 Å². The second-order valence-electron chi connectivity index (χ2n) is 4.70. The number of carboxylic acids is 1. The summed E-state index contributed by atoms with van der Waals surface area (Å²) in [5.41, 5.74) is 0.0758. The monoisotopic (exact) mass is 316 g/mol. The Kier molecular flexibility index (Phi) is 5.56. The SMILES string of the molecule is CCN(C)S(=O)(=O)Nc1cc(C(=O)O)ccc1OC(C)C. The van der Waals surface area contributed by atoms with Gasteiger partial charge in [0.15, 0.2) is 0 Å². The van der Waals surface area contributed by atoms with Gasteiger partial charge in [0, 0.05) is 13.6 Å². The van der Waals surface area contributed by atoms with E-state index in [0.29, 0.717) is 0 Å². The number of ether oxygens (including phenoxy) is 1. The van der Waals surface area contributed by atoms with Gasteiger partial charge in [0.2, 0.25) is 0 Å². The topological polar surface area (TPSA) is 95.9 Å². The smallest absolute Gasteiger partial charge is 0.335 e. The minimum Gasteiger partial charge on any atom is -0.489 e. The van der Waals surface area contributed by atoms with Crippen molar-refractivity contribution >= 4 is 21.9 Å².